The van der Waals surface area contributed by atoms with E-state index in [9.17, 15) is 13.2 Å². The first-order valence-electron chi connectivity index (χ1n) is 6.57. The summed E-state index contributed by atoms with van der Waals surface area (Å²) in [7, 11) is -3.52. The van der Waals surface area contributed by atoms with Crippen molar-refractivity contribution in [2.75, 3.05) is 18.6 Å². The second-order valence-corrected chi connectivity index (χ2v) is 7.29. The van der Waals surface area contributed by atoms with Crippen molar-refractivity contribution < 1.29 is 13.2 Å². The minimum absolute atomic E-state index is 0.140. The van der Waals surface area contributed by atoms with Crippen LogP contribution >= 0.6 is 11.8 Å². The minimum Gasteiger partial charge on any atom is -0.295 e. The maximum absolute atomic E-state index is 12.1. The van der Waals surface area contributed by atoms with Gasteiger partial charge in [-0.05, 0) is 43.9 Å². The molecule has 6 heteroatoms. The van der Waals surface area contributed by atoms with Gasteiger partial charge in [0.2, 0.25) is 10.0 Å². The number of carbonyl (C=O) groups excluding carboxylic acids is 1. The van der Waals surface area contributed by atoms with E-state index in [1.165, 1.54) is 19.1 Å². The summed E-state index contributed by atoms with van der Waals surface area (Å²) in [5.74, 6) is 0.965. The molecule has 0 aliphatic rings. The van der Waals surface area contributed by atoms with Crippen LogP contribution in [0.25, 0.3) is 0 Å². The fourth-order valence-corrected chi connectivity index (χ4v) is 3.33. The Morgan fingerprint density at radius 1 is 1.25 bits per heavy atom. The van der Waals surface area contributed by atoms with E-state index in [0.29, 0.717) is 12.1 Å². The highest BCUT2D eigenvalue weighted by molar-refractivity contribution is 7.98. The van der Waals surface area contributed by atoms with Crippen molar-refractivity contribution in [3.8, 4) is 0 Å². The Hall–Kier alpha value is -0.850. The van der Waals surface area contributed by atoms with Crippen LogP contribution in [0.4, 0.5) is 0 Å². The Kier molecular flexibility index (Phi) is 7.26. The number of Topliss-reactive ketones (excluding diaryl/α,β-unsaturated/α-hetero) is 1. The number of sulfonamides is 1. The average Bonchev–Trinajstić information content (AvgIpc) is 2.43. The molecule has 0 fully saturated rings. The lowest BCUT2D eigenvalue weighted by molar-refractivity contribution is 0.101. The summed E-state index contributed by atoms with van der Waals surface area (Å²) in [6.45, 7) is 1.85. The Bertz CT molecular complexity index is 541. The largest absolute Gasteiger partial charge is 0.295 e. The van der Waals surface area contributed by atoms with Gasteiger partial charge in [0.25, 0.3) is 0 Å². The summed E-state index contributed by atoms with van der Waals surface area (Å²) >= 11 is 1.80. The van der Waals surface area contributed by atoms with E-state index in [-0.39, 0.29) is 10.7 Å². The quantitative estimate of drug-likeness (QED) is 0.562. The molecule has 0 heterocycles. The third-order valence-electron chi connectivity index (χ3n) is 2.87. The minimum atomic E-state index is -3.52. The first-order valence-corrected chi connectivity index (χ1v) is 9.44. The van der Waals surface area contributed by atoms with Crippen LogP contribution in [-0.4, -0.2) is 32.8 Å². The Morgan fingerprint density at radius 2 is 2.00 bits per heavy atom. The second-order valence-electron chi connectivity index (χ2n) is 4.54. The van der Waals surface area contributed by atoms with Crippen molar-refractivity contribution in [1.82, 2.24) is 4.72 Å². The number of benzene rings is 1. The van der Waals surface area contributed by atoms with Gasteiger partial charge in [-0.1, -0.05) is 18.6 Å². The molecule has 0 spiro atoms. The van der Waals surface area contributed by atoms with Gasteiger partial charge in [0.05, 0.1) is 4.90 Å². The molecule has 0 bridgehead atoms. The van der Waals surface area contributed by atoms with Crippen LogP contribution in [0.5, 0.6) is 0 Å². The molecular formula is C14H21NO3S2. The molecule has 0 aliphatic heterocycles. The number of hydrogen-bond acceptors (Lipinski definition) is 4. The Labute approximate surface area is 125 Å². The van der Waals surface area contributed by atoms with E-state index in [4.69, 9.17) is 0 Å². The second kappa shape index (κ2) is 8.44. The highest BCUT2D eigenvalue weighted by atomic mass is 32.2. The van der Waals surface area contributed by atoms with Crippen molar-refractivity contribution in [3.63, 3.8) is 0 Å². The standard InChI is InChI=1S/C14H21NO3S2/c1-12(16)13-7-6-8-14(11-13)20(17,18)15-9-4-3-5-10-19-2/h6-8,11,15H,3-5,9-10H2,1-2H3. The van der Waals surface area contributed by atoms with E-state index in [1.54, 1.807) is 23.9 Å². The van der Waals surface area contributed by atoms with Gasteiger partial charge in [0.1, 0.15) is 0 Å². The summed E-state index contributed by atoms with van der Waals surface area (Å²) in [5, 5.41) is 0. The predicted molar refractivity (Wildman–Crippen MR) is 83.9 cm³/mol. The van der Waals surface area contributed by atoms with Gasteiger partial charge in [0, 0.05) is 12.1 Å². The number of rotatable bonds is 9. The van der Waals surface area contributed by atoms with E-state index in [0.717, 1.165) is 25.0 Å². The van der Waals surface area contributed by atoms with Crippen LogP contribution in [0.1, 0.15) is 36.5 Å². The van der Waals surface area contributed by atoms with Crippen LogP contribution in [0.2, 0.25) is 0 Å². The summed E-state index contributed by atoms with van der Waals surface area (Å²) in [4.78, 5) is 11.4. The van der Waals surface area contributed by atoms with Gasteiger partial charge in [-0.2, -0.15) is 11.8 Å². The van der Waals surface area contributed by atoms with E-state index < -0.39 is 10.0 Å². The lowest BCUT2D eigenvalue weighted by atomic mass is 10.2. The van der Waals surface area contributed by atoms with Crippen LogP contribution < -0.4 is 4.72 Å². The molecule has 0 aromatic heterocycles. The molecule has 0 radical (unpaired) electrons. The molecule has 1 aromatic rings. The third-order valence-corrected chi connectivity index (χ3v) is 5.02. The van der Waals surface area contributed by atoms with Crippen LogP contribution in [-0.2, 0) is 10.0 Å². The van der Waals surface area contributed by atoms with Crippen molar-refractivity contribution in [2.45, 2.75) is 31.1 Å². The maximum Gasteiger partial charge on any atom is 0.240 e. The summed E-state index contributed by atoms with van der Waals surface area (Å²) in [6, 6.07) is 6.12. The maximum atomic E-state index is 12.1. The molecule has 0 unspecified atom stereocenters. The number of thioether (sulfide) groups is 1. The summed E-state index contributed by atoms with van der Waals surface area (Å²) in [6.07, 6.45) is 5.00. The fraction of sp³-hybridized carbons (Fsp3) is 0.500. The number of hydrogen-bond donors (Lipinski definition) is 1. The SMILES string of the molecule is CSCCCCCNS(=O)(=O)c1cccc(C(C)=O)c1. The predicted octanol–water partition coefficient (Wildman–Crippen LogP) is 2.70. The first-order chi connectivity index (χ1) is 9.47. The monoisotopic (exact) mass is 315 g/mol. The first kappa shape index (κ1) is 17.2. The van der Waals surface area contributed by atoms with Gasteiger partial charge in [0.15, 0.2) is 5.78 Å². The molecule has 0 aliphatic carbocycles. The molecule has 1 aromatic carbocycles. The molecule has 0 saturated heterocycles. The molecule has 1 N–H and O–H groups in total. The van der Waals surface area contributed by atoms with Gasteiger partial charge in [-0.15, -0.1) is 0 Å². The average molecular weight is 315 g/mol. The molecule has 20 heavy (non-hydrogen) atoms. The Morgan fingerprint density at radius 3 is 2.65 bits per heavy atom. The summed E-state index contributed by atoms with van der Waals surface area (Å²) in [5.41, 5.74) is 0.410. The van der Waals surface area contributed by atoms with E-state index in [2.05, 4.69) is 11.0 Å². The van der Waals surface area contributed by atoms with Crippen molar-refractivity contribution in [3.05, 3.63) is 29.8 Å². The van der Waals surface area contributed by atoms with E-state index >= 15 is 0 Å². The van der Waals surface area contributed by atoms with E-state index in [1.807, 2.05) is 0 Å². The third kappa shape index (κ3) is 5.64. The number of carbonyl (C=O) groups is 1. The number of unbranched alkanes of at least 4 members (excludes halogenated alkanes) is 2. The molecule has 112 valence electrons. The smallest absolute Gasteiger partial charge is 0.240 e. The highest BCUT2D eigenvalue weighted by Gasteiger charge is 2.14. The van der Waals surface area contributed by atoms with Crippen molar-refractivity contribution >= 4 is 27.6 Å². The normalized spacial score (nSPS) is 11.5. The van der Waals surface area contributed by atoms with Gasteiger partial charge in [-0.25, -0.2) is 13.1 Å². The Balaban J connectivity index is 2.56. The topological polar surface area (TPSA) is 63.2 Å². The molecule has 4 nitrogen and oxygen atoms in total. The molecule has 0 amide bonds. The highest BCUT2D eigenvalue weighted by Crippen LogP contribution is 2.12. The molecule has 1 rings (SSSR count). The lowest BCUT2D eigenvalue weighted by Gasteiger charge is -2.07. The number of nitrogens with one attached hydrogen (secondary N) is 1. The van der Waals surface area contributed by atoms with Gasteiger partial charge >= 0.3 is 0 Å². The number of ketones is 1. The molecule has 0 atom stereocenters. The zero-order valence-corrected chi connectivity index (χ0v) is 13.5. The van der Waals surface area contributed by atoms with Crippen LogP contribution in [0.15, 0.2) is 29.2 Å². The summed E-state index contributed by atoms with van der Waals surface area (Å²) < 4.78 is 26.7. The van der Waals surface area contributed by atoms with Gasteiger partial charge < -0.3 is 0 Å². The zero-order valence-electron chi connectivity index (χ0n) is 11.9. The molecule has 0 saturated carbocycles. The van der Waals surface area contributed by atoms with Crippen LogP contribution in [0, 0.1) is 0 Å². The zero-order chi connectivity index (χ0) is 15.0. The van der Waals surface area contributed by atoms with Crippen LogP contribution in [0.3, 0.4) is 0 Å². The lowest BCUT2D eigenvalue weighted by Crippen LogP contribution is -2.25. The van der Waals surface area contributed by atoms with Crippen molar-refractivity contribution in [1.29, 1.82) is 0 Å². The van der Waals surface area contributed by atoms with Gasteiger partial charge in [-0.3, -0.25) is 4.79 Å². The van der Waals surface area contributed by atoms with Crippen molar-refractivity contribution in [2.24, 2.45) is 0 Å². The molecular weight excluding hydrogens is 294 g/mol. The fourth-order valence-electron chi connectivity index (χ4n) is 1.72.